The van der Waals surface area contributed by atoms with E-state index in [0.717, 1.165) is 11.0 Å². The third-order valence-electron chi connectivity index (χ3n) is 4.64. The zero-order chi connectivity index (χ0) is 21.1. The lowest BCUT2D eigenvalue weighted by Gasteiger charge is -2.10. The molecule has 0 aliphatic carbocycles. The van der Waals surface area contributed by atoms with Crippen LogP contribution in [0.5, 0.6) is 11.5 Å². The minimum atomic E-state index is -0.665. The van der Waals surface area contributed by atoms with Crippen LogP contribution in [0.3, 0.4) is 0 Å². The molecule has 0 fully saturated rings. The summed E-state index contributed by atoms with van der Waals surface area (Å²) >= 11 is 0. The number of hydrogen-bond acceptors (Lipinski definition) is 1. The molecule has 0 unspecified atom stereocenters. The van der Waals surface area contributed by atoms with Gasteiger partial charge >= 0.3 is 0 Å². The van der Waals surface area contributed by atoms with Crippen LogP contribution in [0.2, 0.25) is 0 Å². The van der Waals surface area contributed by atoms with Crippen LogP contribution in [-0.2, 0) is 10.9 Å². The summed E-state index contributed by atoms with van der Waals surface area (Å²) in [5, 5.41) is 0. The highest BCUT2D eigenvalue weighted by molar-refractivity contribution is 7.97. The van der Waals surface area contributed by atoms with Gasteiger partial charge in [0.1, 0.15) is 23.1 Å². The van der Waals surface area contributed by atoms with Gasteiger partial charge in [0, 0.05) is 18.2 Å². The average molecular weight is 420 g/mol. The number of ether oxygens (including phenoxy) is 1. The van der Waals surface area contributed by atoms with Gasteiger partial charge in [-0.2, -0.15) is 0 Å². The normalized spacial score (nSPS) is 11.0. The molecule has 1 nitrogen and oxygen atoms in total. The van der Waals surface area contributed by atoms with Gasteiger partial charge in [0.25, 0.3) is 0 Å². The third-order valence-corrected chi connectivity index (χ3v) is 6.88. The molecule has 0 radical (unpaired) electrons. The van der Waals surface area contributed by atoms with Gasteiger partial charge in [-0.1, -0.05) is 35.4 Å². The molecule has 0 aliphatic rings. The Bertz CT molecular complexity index is 1070. The minimum Gasteiger partial charge on any atom is -0.457 e. The molecule has 0 saturated carbocycles. The van der Waals surface area contributed by atoms with Crippen LogP contribution in [0.4, 0.5) is 8.78 Å². The van der Waals surface area contributed by atoms with Crippen LogP contribution < -0.4 is 4.74 Å². The maximum Gasteiger partial charge on any atom is 0.166 e. The van der Waals surface area contributed by atoms with Crippen LogP contribution in [0.25, 0.3) is 0 Å². The second-order valence-corrected chi connectivity index (χ2v) is 9.14. The maximum absolute atomic E-state index is 13.4. The number of hydrogen-bond donors (Lipinski definition) is 0. The molecule has 0 bridgehead atoms. The summed E-state index contributed by atoms with van der Waals surface area (Å²) in [5.74, 6) is -0.666. The van der Waals surface area contributed by atoms with Gasteiger partial charge in [0.05, 0.1) is 10.9 Å². The van der Waals surface area contributed by atoms with Crippen molar-refractivity contribution in [3.63, 3.8) is 0 Å². The predicted octanol–water partition coefficient (Wildman–Crippen LogP) is 7.47. The Kier molecular flexibility index (Phi) is 5.86. The second-order valence-electron chi connectivity index (χ2n) is 7.11. The van der Waals surface area contributed by atoms with Crippen molar-refractivity contribution < 1.29 is 13.5 Å². The first-order chi connectivity index (χ1) is 14.5. The molecular formula is C26H21F2OS+. The molecule has 0 amide bonds. The Morgan fingerprint density at radius 1 is 0.533 bits per heavy atom. The van der Waals surface area contributed by atoms with Gasteiger partial charge in [-0.3, -0.25) is 0 Å². The smallest absolute Gasteiger partial charge is 0.166 e. The topological polar surface area (TPSA) is 9.23 Å². The van der Waals surface area contributed by atoms with Crippen molar-refractivity contribution in [2.75, 3.05) is 0 Å². The monoisotopic (exact) mass is 419 g/mol. The van der Waals surface area contributed by atoms with Gasteiger partial charge in [0.2, 0.25) is 0 Å². The molecule has 4 heteroatoms. The minimum absolute atomic E-state index is 0.135. The number of rotatable bonds is 5. The zero-order valence-electron chi connectivity index (χ0n) is 16.7. The molecule has 150 valence electrons. The Hall–Kier alpha value is -3.11. The standard InChI is InChI=1S/C26H21F2OS/c1-18-3-9-24(10-4-18)30(25-11-5-19(2)6-12-25)26-13-7-22(8-14-26)29-23-16-20(27)15-21(28)17-23/h3-17H,1-2H3/q+1. The molecule has 0 aliphatic heterocycles. The largest absolute Gasteiger partial charge is 0.457 e. The highest BCUT2D eigenvalue weighted by Crippen LogP contribution is 2.33. The van der Waals surface area contributed by atoms with Crippen molar-refractivity contribution in [2.45, 2.75) is 28.5 Å². The van der Waals surface area contributed by atoms with Crippen LogP contribution in [0, 0.1) is 25.5 Å². The Morgan fingerprint density at radius 3 is 1.37 bits per heavy atom. The van der Waals surface area contributed by atoms with Crippen molar-refractivity contribution in [2.24, 2.45) is 0 Å². The number of benzene rings is 4. The molecule has 0 aromatic heterocycles. The van der Waals surface area contributed by atoms with Crippen LogP contribution in [-0.4, -0.2) is 0 Å². The summed E-state index contributed by atoms with van der Waals surface area (Å²) in [7, 11) is -0.269. The van der Waals surface area contributed by atoms with Crippen molar-refractivity contribution in [1.29, 1.82) is 0 Å². The molecular weight excluding hydrogens is 398 g/mol. The zero-order valence-corrected chi connectivity index (χ0v) is 17.5. The van der Waals surface area contributed by atoms with Gasteiger partial charge in [-0.25, -0.2) is 8.78 Å². The first kappa shape index (κ1) is 20.2. The second kappa shape index (κ2) is 8.72. The van der Waals surface area contributed by atoms with E-state index in [1.165, 1.54) is 33.1 Å². The highest BCUT2D eigenvalue weighted by atomic mass is 32.2. The van der Waals surface area contributed by atoms with E-state index in [1.54, 1.807) is 0 Å². The highest BCUT2D eigenvalue weighted by Gasteiger charge is 2.28. The molecule has 0 spiro atoms. The van der Waals surface area contributed by atoms with E-state index in [1.807, 2.05) is 24.3 Å². The lowest BCUT2D eigenvalue weighted by atomic mass is 10.2. The van der Waals surface area contributed by atoms with Gasteiger partial charge in [0.15, 0.2) is 14.7 Å². The van der Waals surface area contributed by atoms with E-state index in [2.05, 4.69) is 62.4 Å². The van der Waals surface area contributed by atoms with E-state index in [4.69, 9.17) is 4.74 Å². The fraction of sp³-hybridized carbons (Fsp3) is 0.0769. The van der Waals surface area contributed by atoms with E-state index < -0.39 is 11.6 Å². The molecule has 4 aromatic rings. The SMILES string of the molecule is Cc1ccc([S+](c2ccc(C)cc2)c2ccc(Oc3cc(F)cc(F)c3)cc2)cc1. The summed E-state index contributed by atoms with van der Waals surface area (Å²) in [6, 6.07) is 28.0. The lowest BCUT2D eigenvalue weighted by Crippen LogP contribution is -2.05. The third kappa shape index (κ3) is 4.71. The Labute approximate surface area is 178 Å². The van der Waals surface area contributed by atoms with Crippen molar-refractivity contribution in [3.8, 4) is 11.5 Å². The van der Waals surface area contributed by atoms with E-state index in [9.17, 15) is 8.78 Å². The van der Waals surface area contributed by atoms with Gasteiger partial charge in [-0.15, -0.1) is 0 Å². The summed E-state index contributed by atoms with van der Waals surface area (Å²) < 4.78 is 32.5. The van der Waals surface area contributed by atoms with Crippen LogP contribution >= 0.6 is 0 Å². The van der Waals surface area contributed by atoms with Gasteiger partial charge < -0.3 is 4.74 Å². The fourth-order valence-electron chi connectivity index (χ4n) is 3.12. The molecule has 0 atom stereocenters. The Morgan fingerprint density at radius 2 is 0.933 bits per heavy atom. The fourth-order valence-corrected chi connectivity index (χ4v) is 5.17. The summed E-state index contributed by atoms with van der Waals surface area (Å²) in [5.41, 5.74) is 2.44. The summed E-state index contributed by atoms with van der Waals surface area (Å²) in [6.45, 7) is 4.16. The quantitative estimate of drug-likeness (QED) is 0.305. The first-order valence-corrected chi connectivity index (χ1v) is 10.8. The van der Waals surface area contributed by atoms with Crippen LogP contribution in [0.1, 0.15) is 11.1 Å². The average Bonchev–Trinajstić information content (AvgIpc) is 2.71. The molecule has 30 heavy (non-hydrogen) atoms. The van der Waals surface area contributed by atoms with E-state index >= 15 is 0 Å². The van der Waals surface area contributed by atoms with Crippen molar-refractivity contribution >= 4 is 10.9 Å². The number of aryl methyl sites for hydroxylation is 2. The molecule has 4 aromatic carbocycles. The molecule has 0 heterocycles. The summed E-state index contributed by atoms with van der Waals surface area (Å²) in [6.07, 6.45) is 0. The number of halogens is 2. The molecule has 0 saturated heterocycles. The van der Waals surface area contributed by atoms with E-state index in [-0.39, 0.29) is 16.6 Å². The van der Waals surface area contributed by atoms with Crippen molar-refractivity contribution in [3.05, 3.63) is 114 Å². The lowest BCUT2D eigenvalue weighted by molar-refractivity contribution is 0.468. The first-order valence-electron chi connectivity index (χ1n) is 9.59. The van der Waals surface area contributed by atoms with E-state index in [0.29, 0.717) is 5.75 Å². The van der Waals surface area contributed by atoms with Gasteiger partial charge in [-0.05, 0) is 62.4 Å². The maximum atomic E-state index is 13.4. The summed E-state index contributed by atoms with van der Waals surface area (Å²) in [4.78, 5) is 3.59. The molecule has 0 N–H and O–H groups in total. The van der Waals surface area contributed by atoms with Crippen molar-refractivity contribution in [1.82, 2.24) is 0 Å². The Balaban J connectivity index is 1.67. The van der Waals surface area contributed by atoms with Crippen LogP contribution in [0.15, 0.2) is 106 Å². The predicted molar refractivity (Wildman–Crippen MR) is 117 cm³/mol. The molecule has 4 rings (SSSR count).